The van der Waals surface area contributed by atoms with Crippen molar-refractivity contribution in [3.05, 3.63) is 102 Å². The van der Waals surface area contributed by atoms with E-state index in [1.807, 2.05) is 63.2 Å². The summed E-state index contributed by atoms with van der Waals surface area (Å²) in [5.41, 5.74) is 3.38. The monoisotopic (exact) mass is 796 g/mol. The first-order chi connectivity index (χ1) is 28.0. The van der Waals surface area contributed by atoms with Crippen LogP contribution < -0.4 is 15.5 Å². The lowest BCUT2D eigenvalue weighted by Gasteiger charge is -2.30. The Hall–Kier alpha value is -5.41. The maximum atomic E-state index is 13.7. The number of ether oxygens (including phenoxy) is 4. The molecule has 3 N–H and O–H groups in total. The van der Waals surface area contributed by atoms with Crippen molar-refractivity contribution in [1.29, 1.82) is 0 Å². The molecule has 1 saturated heterocycles. The van der Waals surface area contributed by atoms with Crippen LogP contribution in [-0.2, 0) is 23.7 Å². The molecular weight excluding hydrogens is 741 g/mol. The Bertz CT molecular complexity index is 1920. The van der Waals surface area contributed by atoms with Gasteiger partial charge in [-0.25, -0.2) is 9.97 Å². The number of benzene rings is 3. The predicted octanol–water partition coefficient (Wildman–Crippen LogP) is 6.34. The summed E-state index contributed by atoms with van der Waals surface area (Å²) in [5, 5.41) is 17.6. The van der Waals surface area contributed by atoms with Crippen LogP contribution in [0.15, 0.2) is 85.2 Å². The third-order valence-corrected chi connectivity index (χ3v) is 9.19. The zero-order valence-electron chi connectivity index (χ0n) is 33.9. The number of piperidine rings is 1. The van der Waals surface area contributed by atoms with Crippen LogP contribution in [0.4, 0.5) is 17.1 Å². The number of anilines is 3. The van der Waals surface area contributed by atoms with Crippen molar-refractivity contribution >= 4 is 34.8 Å². The predicted molar refractivity (Wildman–Crippen MR) is 223 cm³/mol. The molecule has 310 valence electrons. The maximum absolute atomic E-state index is 13.7. The highest BCUT2D eigenvalue weighted by Crippen LogP contribution is 2.31. The van der Waals surface area contributed by atoms with E-state index >= 15 is 0 Å². The molecule has 1 atom stereocenters. The van der Waals surface area contributed by atoms with Gasteiger partial charge in [0.15, 0.2) is 12.1 Å². The van der Waals surface area contributed by atoms with Gasteiger partial charge in [0.25, 0.3) is 11.8 Å². The zero-order chi connectivity index (χ0) is 41.3. The minimum Gasteiger partial charge on any atom is -0.460 e. The van der Waals surface area contributed by atoms with E-state index in [2.05, 4.69) is 25.5 Å². The normalized spacial score (nSPS) is 13.4. The molecule has 1 aliphatic heterocycles. The third-order valence-electron chi connectivity index (χ3n) is 9.19. The molecule has 1 unspecified atom stereocenters. The molecule has 3 aromatic carbocycles. The summed E-state index contributed by atoms with van der Waals surface area (Å²) in [4.78, 5) is 51.4. The van der Waals surface area contributed by atoms with Gasteiger partial charge in [0.05, 0.1) is 64.1 Å². The number of aliphatic hydroxyl groups is 1. The first kappa shape index (κ1) is 43.7. The SMILES string of the molecule is CN(CCOCCOCCOCCC(=O)OC(C)(C)C)C(=O)c1cccc(C(=O)Nc2ccc(N3CCCCC3)cc2C(O)Nc2cnc(-c3ccccc3)nc2)c1. The van der Waals surface area contributed by atoms with E-state index in [0.717, 1.165) is 37.2 Å². The fourth-order valence-corrected chi connectivity index (χ4v) is 6.21. The van der Waals surface area contributed by atoms with E-state index < -0.39 is 17.7 Å². The van der Waals surface area contributed by atoms with E-state index in [9.17, 15) is 19.5 Å². The first-order valence-electron chi connectivity index (χ1n) is 19.8. The summed E-state index contributed by atoms with van der Waals surface area (Å²) < 4.78 is 21.8. The highest BCUT2D eigenvalue weighted by Gasteiger charge is 2.21. The van der Waals surface area contributed by atoms with Gasteiger partial charge in [-0.05, 0) is 76.4 Å². The van der Waals surface area contributed by atoms with Gasteiger partial charge < -0.3 is 44.5 Å². The fourth-order valence-electron chi connectivity index (χ4n) is 6.21. The molecule has 0 bridgehead atoms. The van der Waals surface area contributed by atoms with Gasteiger partial charge in [-0.1, -0.05) is 36.4 Å². The number of likely N-dealkylation sites (N-methyl/N-ethyl adjacent to an activating group) is 1. The van der Waals surface area contributed by atoms with Crippen molar-refractivity contribution in [3.63, 3.8) is 0 Å². The number of esters is 1. The number of nitrogens with zero attached hydrogens (tertiary/aromatic N) is 4. The molecule has 2 heterocycles. The van der Waals surface area contributed by atoms with Crippen LogP contribution in [0.25, 0.3) is 11.4 Å². The van der Waals surface area contributed by atoms with Gasteiger partial charge in [0.2, 0.25) is 0 Å². The van der Waals surface area contributed by atoms with Gasteiger partial charge in [-0.2, -0.15) is 0 Å². The summed E-state index contributed by atoms with van der Waals surface area (Å²) in [6.07, 6.45) is 5.57. The van der Waals surface area contributed by atoms with Gasteiger partial charge in [0.1, 0.15) is 5.60 Å². The molecule has 1 aromatic heterocycles. The van der Waals surface area contributed by atoms with E-state index in [0.29, 0.717) is 73.5 Å². The topological polar surface area (TPSA) is 165 Å². The van der Waals surface area contributed by atoms with Gasteiger partial charge in [-0.3, -0.25) is 14.4 Å². The fraction of sp³-hybridized carbons (Fsp3) is 0.432. The van der Waals surface area contributed by atoms with Crippen molar-refractivity contribution in [2.75, 3.05) is 81.9 Å². The minimum absolute atomic E-state index is 0.185. The molecule has 0 aliphatic carbocycles. The number of nitrogens with one attached hydrogen (secondary N) is 2. The van der Waals surface area contributed by atoms with Gasteiger partial charge in [0, 0.05) is 60.3 Å². The van der Waals surface area contributed by atoms with Crippen LogP contribution >= 0.6 is 0 Å². The Labute approximate surface area is 340 Å². The summed E-state index contributed by atoms with van der Waals surface area (Å²) in [6, 6.07) is 21.8. The number of hydrogen-bond donors (Lipinski definition) is 3. The second kappa shape index (κ2) is 21.9. The molecule has 0 saturated carbocycles. The lowest BCUT2D eigenvalue weighted by atomic mass is 10.1. The van der Waals surface area contributed by atoms with Gasteiger partial charge in [-0.15, -0.1) is 0 Å². The van der Waals surface area contributed by atoms with E-state index in [1.165, 1.54) is 11.3 Å². The Kier molecular flexibility index (Phi) is 16.5. The lowest BCUT2D eigenvalue weighted by molar-refractivity contribution is -0.156. The number of carbonyl (C=O) groups is 3. The van der Waals surface area contributed by atoms with Crippen molar-refractivity contribution < 1.29 is 38.4 Å². The molecule has 1 aliphatic rings. The number of aliphatic hydroxyl groups excluding tert-OH is 1. The van der Waals surface area contributed by atoms with E-state index in [4.69, 9.17) is 18.9 Å². The maximum Gasteiger partial charge on any atom is 0.308 e. The third kappa shape index (κ3) is 13.9. The molecule has 14 nitrogen and oxygen atoms in total. The first-order valence-corrected chi connectivity index (χ1v) is 19.8. The van der Waals surface area contributed by atoms with Crippen LogP contribution in [0.3, 0.4) is 0 Å². The smallest absolute Gasteiger partial charge is 0.308 e. The Morgan fingerprint density at radius 2 is 1.47 bits per heavy atom. The van der Waals surface area contributed by atoms with E-state index in [-0.39, 0.29) is 24.9 Å². The summed E-state index contributed by atoms with van der Waals surface area (Å²) in [7, 11) is 1.67. The molecular formula is C44H56N6O8. The second-order valence-electron chi connectivity index (χ2n) is 15.0. The Morgan fingerprint density at radius 1 is 0.810 bits per heavy atom. The van der Waals surface area contributed by atoms with Crippen molar-refractivity contribution in [2.45, 2.75) is 58.3 Å². The Balaban J connectivity index is 1.11. The van der Waals surface area contributed by atoms with E-state index in [1.54, 1.807) is 49.8 Å². The molecule has 1 fully saturated rings. The average molecular weight is 797 g/mol. The minimum atomic E-state index is -1.20. The number of rotatable bonds is 20. The number of carbonyl (C=O) groups excluding carboxylic acids is 3. The lowest BCUT2D eigenvalue weighted by Crippen LogP contribution is -2.30. The van der Waals surface area contributed by atoms with Gasteiger partial charge >= 0.3 is 5.97 Å². The standard InChI is InChI=1S/C44H56N6O8/c1-44(2,3)58-39(51)18-22-55-24-26-57-27-25-56-23-21-49(4)43(54)34-15-11-14-33(28-34)41(52)48-38-17-16-36(50-19-9-6-10-20-50)29-37(38)42(53)47-35-30-45-40(46-31-35)32-12-7-5-8-13-32/h5,7-8,11-17,28-31,42,47,53H,6,9-10,18-27H2,1-4H3,(H,48,52). The average Bonchev–Trinajstić information content (AvgIpc) is 3.22. The highest BCUT2D eigenvalue weighted by atomic mass is 16.6. The second-order valence-corrected chi connectivity index (χ2v) is 15.0. The molecule has 58 heavy (non-hydrogen) atoms. The summed E-state index contributed by atoms with van der Waals surface area (Å²) >= 11 is 0. The van der Waals surface area contributed by atoms with Crippen LogP contribution in [-0.4, -0.2) is 110 Å². The quantitative estimate of drug-likeness (QED) is 0.0517. The van der Waals surface area contributed by atoms with Crippen LogP contribution in [0, 0.1) is 0 Å². The zero-order valence-corrected chi connectivity index (χ0v) is 33.9. The molecule has 14 heteroatoms. The molecule has 5 rings (SSSR count). The largest absolute Gasteiger partial charge is 0.460 e. The number of aromatic nitrogens is 2. The van der Waals surface area contributed by atoms with Crippen molar-refractivity contribution in [1.82, 2.24) is 14.9 Å². The highest BCUT2D eigenvalue weighted by molar-refractivity contribution is 6.06. The van der Waals surface area contributed by atoms with Crippen LogP contribution in [0.1, 0.15) is 79.0 Å². The molecule has 0 radical (unpaired) electrons. The number of hydrogen-bond acceptors (Lipinski definition) is 12. The Morgan fingerprint density at radius 3 is 2.16 bits per heavy atom. The summed E-state index contributed by atoms with van der Waals surface area (Å²) in [6.45, 7) is 9.60. The number of amides is 2. The molecule has 4 aromatic rings. The molecule has 0 spiro atoms. The summed E-state index contributed by atoms with van der Waals surface area (Å²) in [5.74, 6) is -0.420. The van der Waals surface area contributed by atoms with Crippen molar-refractivity contribution in [3.8, 4) is 11.4 Å². The van der Waals surface area contributed by atoms with Crippen LogP contribution in [0.2, 0.25) is 0 Å². The van der Waals surface area contributed by atoms with Crippen molar-refractivity contribution in [2.24, 2.45) is 0 Å². The molecule has 2 amide bonds. The van der Waals surface area contributed by atoms with Crippen LogP contribution in [0.5, 0.6) is 0 Å².